The lowest BCUT2D eigenvalue weighted by atomic mass is 11.0. The Hall–Kier alpha value is -6.50. The molecule has 0 aliphatic carbocycles. The molecule has 0 fully saturated rings. The summed E-state index contributed by atoms with van der Waals surface area (Å²) in [6.45, 7) is 0. The Bertz CT molecular complexity index is 1550. The molecule has 26 nitrogen and oxygen atoms in total. The summed E-state index contributed by atoms with van der Waals surface area (Å²) in [4.78, 5) is 28.2. The van der Waals surface area contributed by atoms with Crippen molar-refractivity contribution in [3.8, 4) is 0 Å². The molecule has 6 aromatic rings. The van der Waals surface area contributed by atoms with Crippen LogP contribution in [0.25, 0.3) is 11.6 Å². The predicted molar refractivity (Wildman–Crippen MR) is 104 cm³/mol. The smallest absolute Gasteiger partial charge is 0.390 e. The molecule has 0 saturated heterocycles. The highest BCUT2D eigenvalue weighted by Gasteiger charge is 2.15. The van der Waals surface area contributed by atoms with E-state index < -0.39 is 21.7 Å². The van der Waals surface area contributed by atoms with Gasteiger partial charge in [0.15, 0.2) is 0 Å². The van der Waals surface area contributed by atoms with Crippen LogP contribution in [0.15, 0.2) is 25.3 Å². The molecule has 36 heavy (non-hydrogen) atoms. The quantitative estimate of drug-likeness (QED) is 0.167. The van der Waals surface area contributed by atoms with Crippen molar-refractivity contribution in [1.29, 1.82) is 0 Å². The number of hydrogen-bond acceptors (Lipinski definition) is 20. The van der Waals surface area contributed by atoms with Crippen LogP contribution in [-0.4, -0.2) is 99.6 Å². The predicted octanol–water partition coefficient (Wildman–Crippen LogP) is -3.42. The molecule has 26 heteroatoms. The maximum Gasteiger partial charge on any atom is 0.492 e. The molecule has 0 aliphatic rings. The molecular weight excluding hydrogens is 492 g/mol. The third-order valence-corrected chi connectivity index (χ3v) is 3.61. The van der Waals surface area contributed by atoms with Crippen LogP contribution in [-0.2, 0) is 0 Å². The Morgan fingerprint density at radius 1 is 0.611 bits per heavy atom. The second kappa shape index (κ2) is 8.80. The molecule has 6 rings (SSSR count). The summed E-state index contributed by atoms with van der Waals surface area (Å²) in [5.74, 6) is -0.513. The highest BCUT2D eigenvalue weighted by Crippen LogP contribution is 2.02. The van der Waals surface area contributed by atoms with Crippen molar-refractivity contribution in [2.45, 2.75) is 0 Å². The van der Waals surface area contributed by atoms with E-state index in [4.69, 9.17) is 0 Å². The van der Waals surface area contributed by atoms with Gasteiger partial charge in [-0.05, 0) is 19.8 Å². The maximum atomic E-state index is 10.4. The van der Waals surface area contributed by atoms with Crippen molar-refractivity contribution in [3.05, 3.63) is 45.5 Å². The number of nitrogens with zero attached hydrogens (tertiary/aromatic N) is 20. The van der Waals surface area contributed by atoms with Crippen LogP contribution in [0.4, 0.5) is 23.8 Å². The monoisotopic (exact) mass is 498 g/mol. The van der Waals surface area contributed by atoms with Crippen molar-refractivity contribution in [1.82, 2.24) is 89.8 Å². The second-order valence-electron chi connectivity index (χ2n) is 5.91. The minimum absolute atomic E-state index is 0.0575. The zero-order chi connectivity index (χ0) is 25.1. The van der Waals surface area contributed by atoms with Gasteiger partial charge in [-0.3, -0.25) is 0 Å². The summed E-state index contributed by atoms with van der Waals surface area (Å²) in [7, 11) is 0. The Morgan fingerprint density at radius 3 is 1.44 bits per heavy atom. The fraction of sp³-hybridized carbons (Fsp3) is 0. The van der Waals surface area contributed by atoms with Crippen molar-refractivity contribution < 1.29 is 9.85 Å². The summed E-state index contributed by atoms with van der Waals surface area (Å²) < 4.78 is 2.56. The van der Waals surface area contributed by atoms with E-state index in [0.29, 0.717) is 0 Å². The van der Waals surface area contributed by atoms with Gasteiger partial charge in [0.2, 0.25) is 12.7 Å². The van der Waals surface area contributed by atoms with Gasteiger partial charge in [-0.2, -0.15) is 9.03 Å². The van der Waals surface area contributed by atoms with Gasteiger partial charge in [-0.25, -0.2) is 10.9 Å². The van der Waals surface area contributed by atoms with E-state index in [9.17, 15) is 20.2 Å². The average molecular weight is 498 g/mol. The van der Waals surface area contributed by atoms with E-state index in [-0.39, 0.29) is 23.5 Å². The second-order valence-corrected chi connectivity index (χ2v) is 5.91. The lowest BCUT2D eigenvalue weighted by molar-refractivity contribution is -0.394. The highest BCUT2D eigenvalue weighted by atomic mass is 16.6. The fourth-order valence-corrected chi connectivity index (χ4v) is 2.23. The van der Waals surface area contributed by atoms with Crippen molar-refractivity contribution in [3.63, 3.8) is 0 Å². The van der Waals surface area contributed by atoms with Crippen LogP contribution in [0.2, 0.25) is 0 Å². The third kappa shape index (κ3) is 4.50. The van der Waals surface area contributed by atoms with Crippen LogP contribution in [0.3, 0.4) is 0 Å². The summed E-state index contributed by atoms with van der Waals surface area (Å²) in [6, 6.07) is 0. The lowest BCUT2D eigenvalue weighted by Gasteiger charge is -1.98. The maximum absolute atomic E-state index is 10.4. The van der Waals surface area contributed by atoms with Crippen LogP contribution in [0, 0.1) is 20.2 Å². The minimum atomic E-state index is -0.722. The SMILES string of the molecule is O=[N+]([O-])c1ncn(Nc2nnc3nncn3n2)n1.O=[N+]([O-])c1ncn(Nc2nnc3nncn3n2)n1. The fourth-order valence-electron chi connectivity index (χ4n) is 2.23. The number of hydrogen-bond donors (Lipinski definition) is 2. The number of rotatable bonds is 6. The van der Waals surface area contributed by atoms with Gasteiger partial charge >= 0.3 is 11.9 Å². The van der Waals surface area contributed by atoms with Crippen molar-refractivity contribution in [2.24, 2.45) is 0 Å². The lowest BCUT2D eigenvalue weighted by Crippen LogP contribution is -2.14. The number of nitro groups is 2. The van der Waals surface area contributed by atoms with Gasteiger partial charge in [0.05, 0.1) is 10.2 Å². The van der Waals surface area contributed by atoms with E-state index in [1.54, 1.807) is 0 Å². The Balaban J connectivity index is 0.000000148. The molecule has 0 bridgehead atoms. The molecule has 2 N–H and O–H groups in total. The molecule has 0 unspecified atom stereocenters. The normalized spacial score (nSPS) is 10.7. The first-order valence-electron chi connectivity index (χ1n) is 8.92. The Kier molecular flexibility index (Phi) is 5.22. The van der Waals surface area contributed by atoms with Crippen LogP contribution in [0.5, 0.6) is 0 Å². The Labute approximate surface area is 192 Å². The molecule has 6 heterocycles. The largest absolute Gasteiger partial charge is 0.492 e. The van der Waals surface area contributed by atoms with Crippen LogP contribution in [0.1, 0.15) is 0 Å². The number of fused-ring (bicyclic) bond motifs is 2. The average Bonchev–Trinajstić information content (AvgIpc) is 3.65. The highest BCUT2D eigenvalue weighted by molar-refractivity contribution is 5.26. The van der Waals surface area contributed by atoms with E-state index in [2.05, 4.69) is 82.0 Å². The van der Waals surface area contributed by atoms with Gasteiger partial charge in [0.25, 0.3) is 23.5 Å². The first-order valence-corrected chi connectivity index (χ1v) is 8.92. The van der Waals surface area contributed by atoms with Gasteiger partial charge in [0, 0.05) is 0 Å². The van der Waals surface area contributed by atoms with E-state index >= 15 is 0 Å². The molecule has 0 saturated carbocycles. The molecule has 0 amide bonds. The van der Waals surface area contributed by atoms with Gasteiger partial charge < -0.3 is 20.2 Å². The van der Waals surface area contributed by atoms with Crippen LogP contribution >= 0.6 is 0 Å². The van der Waals surface area contributed by atoms with Crippen molar-refractivity contribution >= 4 is 35.3 Å². The van der Waals surface area contributed by atoms with E-state index in [0.717, 1.165) is 22.2 Å². The first kappa shape index (κ1) is 21.4. The molecule has 0 radical (unpaired) electrons. The van der Waals surface area contributed by atoms with Gasteiger partial charge in [0.1, 0.15) is 12.7 Å². The molecule has 0 aliphatic heterocycles. The third-order valence-electron chi connectivity index (χ3n) is 3.61. The van der Waals surface area contributed by atoms with Gasteiger partial charge in [-0.1, -0.05) is 9.58 Å². The molecule has 0 spiro atoms. The number of aromatic nitrogens is 18. The van der Waals surface area contributed by atoms with E-state index in [1.807, 2.05) is 0 Å². The summed E-state index contributed by atoms with van der Waals surface area (Å²) in [5.41, 5.74) is 5.08. The zero-order valence-electron chi connectivity index (χ0n) is 16.9. The first-order chi connectivity index (χ1) is 17.4. The summed E-state index contributed by atoms with van der Waals surface area (Å²) in [5, 5.41) is 64.8. The van der Waals surface area contributed by atoms with Crippen molar-refractivity contribution in [2.75, 3.05) is 10.9 Å². The van der Waals surface area contributed by atoms with Crippen LogP contribution < -0.4 is 10.9 Å². The van der Waals surface area contributed by atoms with E-state index in [1.165, 1.54) is 21.7 Å². The molecule has 6 aromatic heterocycles. The van der Waals surface area contributed by atoms with Gasteiger partial charge in [-0.15, -0.1) is 51.0 Å². The topological polar surface area (TPSA) is 309 Å². The number of anilines is 2. The Morgan fingerprint density at radius 2 is 1.06 bits per heavy atom. The molecule has 180 valence electrons. The minimum Gasteiger partial charge on any atom is -0.390 e. The summed E-state index contributed by atoms with van der Waals surface area (Å²) >= 11 is 0. The zero-order valence-corrected chi connectivity index (χ0v) is 16.9. The molecule has 0 aromatic carbocycles. The standard InChI is InChI=1S/2C5H3N11O2/c2*17-16(18)4-6-1-15(13-4)12-3-8-10-5-9-7-2-14(5)11-3/h2*1-2H,(H,11,12). The number of nitrogens with one attached hydrogen (secondary N) is 2. The molecule has 0 atom stereocenters. The summed E-state index contributed by atoms with van der Waals surface area (Å²) in [6.07, 6.45) is 4.88. The molecular formula is C10H6N22O4.